The second-order valence-corrected chi connectivity index (χ2v) is 10.6. The van der Waals surface area contributed by atoms with Crippen molar-refractivity contribution in [1.82, 2.24) is 14.9 Å². The smallest absolute Gasteiger partial charge is 0.271 e. The summed E-state index contributed by atoms with van der Waals surface area (Å²) in [5.41, 5.74) is 6.36. The third-order valence-corrected chi connectivity index (χ3v) is 7.60. The Morgan fingerprint density at radius 2 is 1.90 bits per heavy atom. The predicted octanol–water partition coefficient (Wildman–Crippen LogP) is 4.81. The number of ether oxygens (including phenoxy) is 2. The van der Waals surface area contributed by atoms with E-state index in [4.69, 9.17) is 9.47 Å². The van der Waals surface area contributed by atoms with Crippen LogP contribution >= 0.6 is 0 Å². The molecule has 3 aromatic rings. The van der Waals surface area contributed by atoms with Crippen LogP contribution in [-0.2, 0) is 13.1 Å². The number of fused-ring (bicyclic) bond motifs is 4. The maximum atomic E-state index is 12.6. The number of nitrogens with one attached hydrogen (secondary N) is 1. The van der Waals surface area contributed by atoms with Crippen LogP contribution in [-0.4, -0.2) is 47.9 Å². The number of nitrogens with zero attached hydrogens (tertiary/aromatic N) is 3. The molecule has 1 fully saturated rings. The molecular formula is C32H38N4O4. The molecule has 0 radical (unpaired) electrons. The summed E-state index contributed by atoms with van der Waals surface area (Å²) in [6.45, 7) is 8.74. The third-order valence-electron chi connectivity index (χ3n) is 7.60. The Morgan fingerprint density at radius 3 is 2.70 bits per heavy atom. The van der Waals surface area contributed by atoms with Crippen LogP contribution in [0.4, 0.5) is 0 Å². The van der Waals surface area contributed by atoms with Crippen LogP contribution in [0.5, 0.6) is 11.5 Å². The predicted molar refractivity (Wildman–Crippen MR) is 156 cm³/mol. The first kappa shape index (κ1) is 27.6. The molecule has 5 rings (SSSR count). The van der Waals surface area contributed by atoms with Crippen molar-refractivity contribution in [1.29, 1.82) is 0 Å². The number of aromatic nitrogens is 1. The topological polar surface area (TPSA) is 85.2 Å². The van der Waals surface area contributed by atoms with Crippen LogP contribution in [0.25, 0.3) is 0 Å². The van der Waals surface area contributed by atoms with E-state index in [1.807, 2.05) is 29.7 Å². The van der Waals surface area contributed by atoms with E-state index in [0.29, 0.717) is 30.6 Å². The first-order valence-electron chi connectivity index (χ1n) is 14.3. The van der Waals surface area contributed by atoms with Crippen molar-refractivity contribution in [2.45, 2.75) is 52.1 Å². The largest absolute Gasteiger partial charge is 0.494 e. The number of hydrogen-bond donors (Lipinski definition) is 1. The van der Waals surface area contributed by atoms with E-state index >= 15 is 0 Å². The number of hydrazone groups is 1. The molecule has 1 N–H and O–H groups in total. The fourth-order valence-electron chi connectivity index (χ4n) is 5.73. The normalized spacial score (nSPS) is 18.4. The highest BCUT2D eigenvalue weighted by molar-refractivity contribution is 5.95. The van der Waals surface area contributed by atoms with Gasteiger partial charge in [0.25, 0.3) is 11.5 Å². The average molecular weight is 543 g/mol. The number of piperidine rings is 1. The van der Waals surface area contributed by atoms with Gasteiger partial charge in [0.2, 0.25) is 0 Å². The number of rotatable bonds is 11. The molecule has 1 saturated heterocycles. The van der Waals surface area contributed by atoms with Gasteiger partial charge in [-0.2, -0.15) is 5.10 Å². The van der Waals surface area contributed by atoms with Crippen LogP contribution in [0.15, 0.2) is 70.6 Å². The van der Waals surface area contributed by atoms with Crippen molar-refractivity contribution in [3.05, 3.63) is 93.4 Å². The van der Waals surface area contributed by atoms with Gasteiger partial charge in [0.15, 0.2) is 0 Å². The number of hydrogen-bond acceptors (Lipinski definition) is 6. The number of amides is 1. The van der Waals surface area contributed by atoms with Crippen molar-refractivity contribution in [2.24, 2.45) is 11.0 Å². The quantitative estimate of drug-likeness (QED) is 0.214. The molecule has 8 heteroatoms. The maximum Gasteiger partial charge on any atom is 0.271 e. The molecule has 2 aliphatic heterocycles. The SMILES string of the molecule is CCCCOc1ccc(C(=O)N/N=C/c2ccc(OCC)c(CN3C[C@H]4C[C@@H](C3)c3cccc(=O)n3C4)c2)cc1. The molecule has 2 aliphatic rings. The molecule has 1 amide bonds. The Kier molecular flexibility index (Phi) is 8.96. The highest BCUT2D eigenvalue weighted by Crippen LogP contribution is 2.36. The molecule has 0 aliphatic carbocycles. The van der Waals surface area contributed by atoms with Gasteiger partial charge >= 0.3 is 0 Å². The lowest BCUT2D eigenvalue weighted by atomic mass is 9.83. The van der Waals surface area contributed by atoms with E-state index in [1.165, 1.54) is 0 Å². The first-order chi connectivity index (χ1) is 19.5. The molecule has 2 aromatic carbocycles. The molecule has 2 bridgehead atoms. The summed E-state index contributed by atoms with van der Waals surface area (Å²) in [5, 5.41) is 4.20. The van der Waals surface area contributed by atoms with E-state index in [-0.39, 0.29) is 11.5 Å². The van der Waals surface area contributed by atoms with Gasteiger partial charge in [-0.05, 0) is 79.8 Å². The Bertz CT molecular complexity index is 1400. The molecule has 0 unspecified atom stereocenters. The standard InChI is InChI=1S/C32H38N4O4/c1-3-5-15-40-28-12-10-25(11-13-28)32(38)34-33-18-23-9-14-30(39-4-2)27(16-23)22-35-19-24-17-26(21-35)29-7-6-8-31(37)36(29)20-24/h6-14,16,18,24,26H,3-5,15,17,19-22H2,1-2H3,(H,34,38)/b33-18+/t24-,26+/m1/s1. The van der Waals surface area contributed by atoms with Crippen molar-refractivity contribution in [2.75, 3.05) is 26.3 Å². The zero-order chi connectivity index (χ0) is 27.9. The first-order valence-corrected chi connectivity index (χ1v) is 14.3. The highest BCUT2D eigenvalue weighted by Gasteiger charge is 2.34. The minimum atomic E-state index is -0.276. The molecule has 0 spiro atoms. The van der Waals surface area contributed by atoms with Crippen molar-refractivity contribution < 1.29 is 14.3 Å². The second-order valence-electron chi connectivity index (χ2n) is 10.6. The summed E-state index contributed by atoms with van der Waals surface area (Å²) < 4.78 is 13.6. The summed E-state index contributed by atoms with van der Waals surface area (Å²) >= 11 is 0. The molecule has 8 nitrogen and oxygen atoms in total. The molecular weight excluding hydrogens is 504 g/mol. The van der Waals surface area contributed by atoms with Crippen molar-refractivity contribution in [3.8, 4) is 11.5 Å². The number of unbranched alkanes of at least 4 members (excludes halogenated alkanes) is 1. The lowest BCUT2D eigenvalue weighted by Gasteiger charge is -2.43. The van der Waals surface area contributed by atoms with E-state index in [1.54, 1.807) is 36.5 Å². The lowest BCUT2D eigenvalue weighted by Crippen LogP contribution is -2.46. The van der Waals surface area contributed by atoms with Gasteiger partial charge in [0.1, 0.15) is 11.5 Å². The van der Waals surface area contributed by atoms with Gasteiger partial charge in [-0.1, -0.05) is 19.4 Å². The molecule has 0 saturated carbocycles. The average Bonchev–Trinajstić information content (AvgIpc) is 2.95. The van der Waals surface area contributed by atoms with E-state index in [9.17, 15) is 9.59 Å². The summed E-state index contributed by atoms with van der Waals surface area (Å²) in [4.78, 5) is 27.4. The fraction of sp³-hybridized carbons (Fsp3) is 0.406. The van der Waals surface area contributed by atoms with Gasteiger partial charge < -0.3 is 14.0 Å². The maximum absolute atomic E-state index is 12.6. The molecule has 210 valence electrons. The second kappa shape index (κ2) is 13.0. The van der Waals surface area contributed by atoms with E-state index < -0.39 is 0 Å². The van der Waals surface area contributed by atoms with E-state index in [0.717, 1.165) is 73.8 Å². The number of pyridine rings is 1. The lowest BCUT2D eigenvalue weighted by molar-refractivity contribution is 0.0955. The van der Waals surface area contributed by atoms with Crippen LogP contribution in [0.3, 0.4) is 0 Å². The van der Waals surface area contributed by atoms with Gasteiger partial charge in [0, 0.05) is 55.0 Å². The number of likely N-dealkylation sites (tertiary alicyclic amines) is 1. The Labute approximate surface area is 235 Å². The van der Waals surface area contributed by atoms with Gasteiger partial charge in [-0.25, -0.2) is 5.43 Å². The molecule has 1 aromatic heterocycles. The zero-order valence-corrected chi connectivity index (χ0v) is 23.3. The van der Waals surface area contributed by atoms with Crippen LogP contribution in [0.2, 0.25) is 0 Å². The number of benzene rings is 2. The Hall–Kier alpha value is -3.91. The van der Waals surface area contributed by atoms with E-state index in [2.05, 4.69) is 34.5 Å². The van der Waals surface area contributed by atoms with Crippen molar-refractivity contribution in [3.63, 3.8) is 0 Å². The van der Waals surface area contributed by atoms with Crippen LogP contribution in [0, 0.1) is 5.92 Å². The Balaban J connectivity index is 1.23. The minimum absolute atomic E-state index is 0.104. The van der Waals surface area contributed by atoms with Gasteiger partial charge in [-0.15, -0.1) is 0 Å². The fourth-order valence-corrected chi connectivity index (χ4v) is 5.73. The van der Waals surface area contributed by atoms with Gasteiger partial charge in [0.05, 0.1) is 19.4 Å². The Morgan fingerprint density at radius 1 is 1.05 bits per heavy atom. The summed E-state index contributed by atoms with van der Waals surface area (Å²) in [7, 11) is 0. The molecule has 3 heterocycles. The monoisotopic (exact) mass is 542 g/mol. The number of carbonyl (C=O) groups is 1. The number of carbonyl (C=O) groups excluding carboxylic acids is 1. The van der Waals surface area contributed by atoms with Crippen molar-refractivity contribution >= 4 is 12.1 Å². The van der Waals surface area contributed by atoms with Crippen LogP contribution < -0.4 is 20.5 Å². The summed E-state index contributed by atoms with van der Waals surface area (Å²) in [5.74, 6) is 2.15. The third kappa shape index (κ3) is 6.62. The summed E-state index contributed by atoms with van der Waals surface area (Å²) in [6.07, 6.45) is 4.86. The minimum Gasteiger partial charge on any atom is -0.494 e. The van der Waals surface area contributed by atoms with Crippen LogP contribution in [0.1, 0.15) is 66.2 Å². The molecule has 40 heavy (non-hydrogen) atoms. The summed E-state index contributed by atoms with van der Waals surface area (Å²) in [6, 6.07) is 18.7. The molecule has 2 atom stereocenters. The van der Waals surface area contributed by atoms with Gasteiger partial charge in [-0.3, -0.25) is 14.5 Å². The highest BCUT2D eigenvalue weighted by atomic mass is 16.5. The zero-order valence-electron chi connectivity index (χ0n) is 23.3.